The lowest BCUT2D eigenvalue weighted by molar-refractivity contribution is -0.123. The fraction of sp³-hybridized carbons (Fsp3) is 0.526. The highest BCUT2D eigenvalue weighted by molar-refractivity contribution is 14.0. The van der Waals surface area contributed by atoms with Gasteiger partial charge in [-0.3, -0.25) is 14.7 Å². The topological polar surface area (TPSA) is 51.2 Å². The average Bonchev–Trinajstić information content (AvgIpc) is 3.26. The molecule has 4 rings (SSSR count). The van der Waals surface area contributed by atoms with Gasteiger partial charge >= 0.3 is 0 Å². The molecule has 0 aromatic heterocycles. The fourth-order valence-corrected chi connectivity index (χ4v) is 5.19. The number of halogens is 1. The molecule has 1 aromatic rings. The second-order valence-electron chi connectivity index (χ2n) is 7.23. The third kappa shape index (κ3) is 4.47. The van der Waals surface area contributed by atoms with E-state index in [-0.39, 0.29) is 35.1 Å². The molecule has 1 amide bonds. The molecule has 28 heavy (non-hydrogen) atoms. The molecule has 6 nitrogen and oxygen atoms in total. The quantitative estimate of drug-likeness (QED) is 0.477. The number of aryl methyl sites for hydroxylation is 2. The standard InChI is InChI=1S/C19H25N5OS2.HI/c1-13-3-4-15(11-14(13)2)23-9-7-22(8-10-23)12-16-17(25)24(19(26)27-16)18-20-5-6-21-18;/h3-4,11,16H,5-10,12H2,1-2H3,(H,20,21);1H. The third-order valence-electron chi connectivity index (χ3n) is 5.44. The SMILES string of the molecule is Cc1ccc(N2CCN(CC3SC(=S)N(C4=NCCN4)C3=O)CC2)cc1C.I. The summed E-state index contributed by atoms with van der Waals surface area (Å²) in [5.74, 6) is 0.689. The van der Waals surface area contributed by atoms with Gasteiger partial charge in [0.15, 0.2) is 4.32 Å². The van der Waals surface area contributed by atoms with Crippen molar-refractivity contribution in [1.29, 1.82) is 0 Å². The van der Waals surface area contributed by atoms with Crippen molar-refractivity contribution in [2.45, 2.75) is 19.1 Å². The first kappa shape index (κ1) is 21.8. The largest absolute Gasteiger partial charge is 0.369 e. The number of nitrogens with one attached hydrogen (secondary N) is 1. The number of hydrogen-bond acceptors (Lipinski definition) is 7. The molecule has 1 atom stereocenters. The number of carbonyl (C=O) groups excluding carboxylic acids is 1. The molecule has 9 heteroatoms. The first-order chi connectivity index (χ1) is 13.0. The van der Waals surface area contributed by atoms with Crippen LogP contribution < -0.4 is 10.2 Å². The summed E-state index contributed by atoms with van der Waals surface area (Å²) in [6, 6.07) is 6.67. The molecule has 0 spiro atoms. The minimum atomic E-state index is -0.129. The Kier molecular flexibility index (Phi) is 7.21. The maximum atomic E-state index is 12.8. The van der Waals surface area contributed by atoms with Gasteiger partial charge in [-0.05, 0) is 37.1 Å². The van der Waals surface area contributed by atoms with Gasteiger partial charge in [0.1, 0.15) is 5.25 Å². The van der Waals surface area contributed by atoms with Gasteiger partial charge in [-0.15, -0.1) is 24.0 Å². The highest BCUT2D eigenvalue weighted by Crippen LogP contribution is 2.29. The van der Waals surface area contributed by atoms with Crippen LogP contribution in [0.1, 0.15) is 11.1 Å². The van der Waals surface area contributed by atoms with Gasteiger partial charge in [0.2, 0.25) is 11.9 Å². The van der Waals surface area contributed by atoms with Gasteiger partial charge in [-0.1, -0.05) is 30.0 Å². The lowest BCUT2D eigenvalue weighted by atomic mass is 10.1. The smallest absolute Gasteiger partial charge is 0.249 e. The van der Waals surface area contributed by atoms with E-state index >= 15 is 0 Å². The third-order valence-corrected chi connectivity index (χ3v) is 6.93. The van der Waals surface area contributed by atoms with Crippen molar-refractivity contribution in [3.63, 3.8) is 0 Å². The molecule has 0 radical (unpaired) electrons. The van der Waals surface area contributed by atoms with Crippen LogP contribution in [0.4, 0.5) is 5.69 Å². The van der Waals surface area contributed by atoms with Gasteiger partial charge in [-0.2, -0.15) is 0 Å². The van der Waals surface area contributed by atoms with E-state index in [0.29, 0.717) is 16.8 Å². The van der Waals surface area contributed by atoms with Crippen molar-refractivity contribution in [2.24, 2.45) is 4.99 Å². The number of thioether (sulfide) groups is 1. The monoisotopic (exact) mass is 531 g/mol. The second-order valence-corrected chi connectivity index (χ2v) is 9.07. The van der Waals surface area contributed by atoms with E-state index in [2.05, 4.69) is 52.2 Å². The molecular formula is C19H26IN5OS2. The van der Waals surface area contributed by atoms with E-state index in [1.54, 1.807) is 4.90 Å². The Labute approximate surface area is 193 Å². The van der Waals surface area contributed by atoms with Crippen molar-refractivity contribution in [2.75, 3.05) is 50.7 Å². The number of amides is 1. The highest BCUT2D eigenvalue weighted by atomic mass is 127. The Balaban J connectivity index is 0.00000225. The average molecular weight is 531 g/mol. The highest BCUT2D eigenvalue weighted by Gasteiger charge is 2.41. The molecule has 3 heterocycles. The van der Waals surface area contributed by atoms with Gasteiger partial charge < -0.3 is 10.2 Å². The van der Waals surface area contributed by atoms with Crippen molar-refractivity contribution in [1.82, 2.24) is 15.1 Å². The summed E-state index contributed by atoms with van der Waals surface area (Å²) in [5.41, 5.74) is 3.96. The number of carbonyl (C=O) groups is 1. The van der Waals surface area contributed by atoms with Crippen LogP contribution in [-0.4, -0.2) is 77.1 Å². The summed E-state index contributed by atoms with van der Waals surface area (Å²) in [6.07, 6.45) is 0. The first-order valence-corrected chi connectivity index (χ1v) is 10.7. The predicted molar refractivity (Wildman–Crippen MR) is 131 cm³/mol. The van der Waals surface area contributed by atoms with E-state index in [4.69, 9.17) is 12.2 Å². The number of rotatable bonds is 3. The van der Waals surface area contributed by atoms with E-state index in [1.165, 1.54) is 28.6 Å². The zero-order chi connectivity index (χ0) is 19.0. The van der Waals surface area contributed by atoms with Crippen LogP contribution in [0.3, 0.4) is 0 Å². The number of aliphatic imine (C=N–C) groups is 1. The summed E-state index contributed by atoms with van der Waals surface area (Å²) in [6.45, 7) is 10.4. The van der Waals surface area contributed by atoms with Gasteiger partial charge in [0, 0.05) is 45.0 Å². The first-order valence-electron chi connectivity index (χ1n) is 9.40. The normalized spacial score (nSPS) is 22.9. The molecule has 2 saturated heterocycles. The molecule has 0 saturated carbocycles. The van der Waals surface area contributed by atoms with Gasteiger partial charge in [0.25, 0.3) is 0 Å². The van der Waals surface area contributed by atoms with Crippen LogP contribution in [0.15, 0.2) is 23.2 Å². The van der Waals surface area contributed by atoms with Crippen LogP contribution in [0.5, 0.6) is 0 Å². The van der Waals surface area contributed by atoms with Crippen molar-refractivity contribution in [3.8, 4) is 0 Å². The van der Waals surface area contributed by atoms with Gasteiger partial charge in [0.05, 0.1) is 6.54 Å². The zero-order valence-corrected chi connectivity index (χ0v) is 20.1. The van der Waals surface area contributed by atoms with E-state index in [1.807, 2.05) is 0 Å². The summed E-state index contributed by atoms with van der Waals surface area (Å²) >= 11 is 6.92. The Morgan fingerprint density at radius 2 is 1.96 bits per heavy atom. The summed E-state index contributed by atoms with van der Waals surface area (Å²) < 4.78 is 0.618. The van der Waals surface area contributed by atoms with E-state index in [0.717, 1.165) is 39.3 Å². The van der Waals surface area contributed by atoms with Crippen LogP contribution in [0.25, 0.3) is 0 Å². The molecule has 1 aromatic carbocycles. The van der Waals surface area contributed by atoms with Crippen molar-refractivity contribution < 1.29 is 4.79 Å². The fourth-order valence-electron chi connectivity index (χ4n) is 3.65. The van der Waals surface area contributed by atoms with Crippen LogP contribution >= 0.6 is 48.0 Å². The van der Waals surface area contributed by atoms with Crippen LogP contribution in [-0.2, 0) is 4.79 Å². The Morgan fingerprint density at radius 1 is 1.21 bits per heavy atom. The van der Waals surface area contributed by atoms with Crippen LogP contribution in [0.2, 0.25) is 0 Å². The number of benzene rings is 1. The molecule has 0 bridgehead atoms. The lowest BCUT2D eigenvalue weighted by Gasteiger charge is -2.37. The number of thiocarbonyl (C=S) groups is 1. The molecule has 1 N–H and O–H groups in total. The van der Waals surface area contributed by atoms with Gasteiger partial charge in [-0.25, -0.2) is 4.90 Å². The van der Waals surface area contributed by atoms with E-state index in [9.17, 15) is 4.79 Å². The minimum absolute atomic E-state index is 0. The predicted octanol–water partition coefficient (Wildman–Crippen LogP) is 2.23. The summed E-state index contributed by atoms with van der Waals surface area (Å²) in [4.78, 5) is 23.5. The molecule has 152 valence electrons. The number of piperazine rings is 1. The molecular weight excluding hydrogens is 505 g/mol. The van der Waals surface area contributed by atoms with E-state index < -0.39 is 0 Å². The number of guanidine groups is 1. The van der Waals surface area contributed by atoms with Crippen molar-refractivity contribution >= 4 is 69.8 Å². The molecule has 2 fully saturated rings. The number of anilines is 1. The maximum absolute atomic E-state index is 12.8. The Hall–Kier alpha value is -0.910. The van der Waals surface area contributed by atoms with Crippen molar-refractivity contribution in [3.05, 3.63) is 29.3 Å². The second kappa shape index (κ2) is 9.27. The Bertz CT molecular complexity index is 795. The minimum Gasteiger partial charge on any atom is -0.369 e. The summed E-state index contributed by atoms with van der Waals surface area (Å²) in [7, 11) is 0. The molecule has 3 aliphatic rings. The zero-order valence-electron chi connectivity index (χ0n) is 16.2. The Morgan fingerprint density at radius 3 is 2.61 bits per heavy atom. The lowest BCUT2D eigenvalue weighted by Crippen LogP contribution is -2.50. The number of nitrogens with zero attached hydrogens (tertiary/aromatic N) is 4. The maximum Gasteiger partial charge on any atom is 0.249 e. The number of hydrogen-bond donors (Lipinski definition) is 1. The molecule has 0 aliphatic carbocycles. The van der Waals surface area contributed by atoms with Crippen LogP contribution in [0, 0.1) is 13.8 Å². The molecule has 1 unspecified atom stereocenters. The molecule has 3 aliphatic heterocycles. The summed E-state index contributed by atoms with van der Waals surface area (Å²) in [5, 5.41) is 3.02.